The standard InChI is InChI=1S/C23H14/c1-3-7-18-14(5-1)11-16-13-17-12-15-6-2-4-8-19(15)21-10-9-20(18)22(16)23(17)21/h1-13,16H. The molecule has 4 aromatic carbocycles. The lowest BCUT2D eigenvalue weighted by Crippen LogP contribution is -2.10. The molecule has 106 valence electrons. The average Bonchev–Trinajstić information content (AvgIpc) is 2.96. The fraction of sp³-hybridized carbons (Fsp3) is 0.0435. The lowest BCUT2D eigenvalue weighted by molar-refractivity contribution is 1.18. The molecule has 0 bridgehead atoms. The van der Waals surface area contributed by atoms with Gasteiger partial charge >= 0.3 is 0 Å². The molecule has 2 aliphatic rings. The van der Waals surface area contributed by atoms with Crippen LogP contribution in [0.4, 0.5) is 0 Å². The molecule has 23 heavy (non-hydrogen) atoms. The summed E-state index contributed by atoms with van der Waals surface area (Å²) in [5.74, 6) is 0.412. The van der Waals surface area contributed by atoms with Gasteiger partial charge in [-0.1, -0.05) is 72.8 Å². The van der Waals surface area contributed by atoms with Crippen LogP contribution in [0, 0.1) is 10.4 Å². The molecule has 0 heteroatoms. The van der Waals surface area contributed by atoms with Gasteiger partial charge in [0, 0.05) is 5.92 Å². The van der Waals surface area contributed by atoms with Gasteiger partial charge in [0.25, 0.3) is 0 Å². The Morgan fingerprint density at radius 1 is 0.609 bits per heavy atom. The molecule has 0 nitrogen and oxygen atoms in total. The molecule has 0 N–H and O–H groups in total. The quantitative estimate of drug-likeness (QED) is 0.430. The van der Waals surface area contributed by atoms with Crippen LogP contribution < -0.4 is 10.4 Å². The van der Waals surface area contributed by atoms with Crippen molar-refractivity contribution in [3.8, 4) is 0 Å². The predicted molar refractivity (Wildman–Crippen MR) is 96.5 cm³/mol. The fourth-order valence-electron chi connectivity index (χ4n) is 4.46. The molecule has 0 spiro atoms. The molecular weight excluding hydrogens is 276 g/mol. The molecule has 0 saturated carbocycles. The molecule has 6 rings (SSSR count). The summed E-state index contributed by atoms with van der Waals surface area (Å²) in [6, 6.07) is 24.5. The van der Waals surface area contributed by atoms with E-state index in [9.17, 15) is 0 Å². The molecule has 2 aliphatic carbocycles. The average molecular weight is 290 g/mol. The number of benzene rings is 4. The highest BCUT2D eigenvalue weighted by Crippen LogP contribution is 2.36. The van der Waals surface area contributed by atoms with Gasteiger partial charge in [0.15, 0.2) is 0 Å². The minimum Gasteiger partial charge on any atom is -0.0653 e. The lowest BCUT2D eigenvalue weighted by Gasteiger charge is -2.13. The first kappa shape index (κ1) is 11.7. The second-order valence-corrected chi connectivity index (χ2v) is 6.58. The Morgan fingerprint density at radius 3 is 2.43 bits per heavy atom. The van der Waals surface area contributed by atoms with Crippen molar-refractivity contribution in [1.29, 1.82) is 0 Å². The van der Waals surface area contributed by atoms with E-state index in [1.54, 1.807) is 0 Å². The lowest BCUT2D eigenvalue weighted by atomic mass is 9.90. The monoisotopic (exact) mass is 290 g/mol. The summed E-state index contributed by atoms with van der Waals surface area (Å²) in [5, 5.41) is 11.1. The highest BCUT2D eigenvalue weighted by Gasteiger charge is 2.21. The van der Waals surface area contributed by atoms with Crippen LogP contribution in [0.5, 0.6) is 0 Å². The van der Waals surface area contributed by atoms with Crippen LogP contribution in [0.15, 0.2) is 66.7 Å². The Balaban J connectivity index is 1.99. The van der Waals surface area contributed by atoms with Gasteiger partial charge in [0.05, 0.1) is 0 Å². The summed E-state index contributed by atoms with van der Waals surface area (Å²) in [5.41, 5.74) is 1.50. The summed E-state index contributed by atoms with van der Waals surface area (Å²) in [7, 11) is 0. The highest BCUT2D eigenvalue weighted by atomic mass is 14.2. The third-order valence-electron chi connectivity index (χ3n) is 5.40. The van der Waals surface area contributed by atoms with Gasteiger partial charge in [-0.05, 0) is 54.0 Å². The smallest absolute Gasteiger partial charge is 0.0229 e. The molecule has 0 fully saturated rings. The first-order valence-corrected chi connectivity index (χ1v) is 8.18. The van der Waals surface area contributed by atoms with Crippen molar-refractivity contribution in [2.75, 3.05) is 0 Å². The van der Waals surface area contributed by atoms with Gasteiger partial charge in [0.1, 0.15) is 0 Å². The summed E-state index contributed by atoms with van der Waals surface area (Å²) < 4.78 is 0. The minimum absolute atomic E-state index is 0.412. The number of hydrogen-bond donors (Lipinski definition) is 0. The van der Waals surface area contributed by atoms with E-state index < -0.39 is 0 Å². The van der Waals surface area contributed by atoms with E-state index in [1.807, 2.05) is 0 Å². The van der Waals surface area contributed by atoms with Gasteiger partial charge in [0.2, 0.25) is 0 Å². The summed E-state index contributed by atoms with van der Waals surface area (Å²) >= 11 is 0. The van der Waals surface area contributed by atoms with E-state index in [0.717, 1.165) is 0 Å². The zero-order valence-corrected chi connectivity index (χ0v) is 12.6. The van der Waals surface area contributed by atoms with Crippen LogP contribution in [0.3, 0.4) is 0 Å². The normalized spacial score (nSPS) is 17.0. The molecule has 0 saturated heterocycles. The van der Waals surface area contributed by atoms with E-state index in [1.165, 1.54) is 48.0 Å². The molecule has 1 atom stereocenters. The maximum Gasteiger partial charge on any atom is 0.0229 e. The van der Waals surface area contributed by atoms with Crippen LogP contribution in [0.25, 0.3) is 33.7 Å². The third-order valence-corrected chi connectivity index (χ3v) is 5.40. The van der Waals surface area contributed by atoms with Crippen molar-refractivity contribution in [2.45, 2.75) is 5.92 Å². The fourth-order valence-corrected chi connectivity index (χ4v) is 4.46. The summed E-state index contributed by atoms with van der Waals surface area (Å²) in [6.45, 7) is 0. The molecule has 0 aromatic heterocycles. The zero-order valence-electron chi connectivity index (χ0n) is 12.6. The topological polar surface area (TPSA) is 0 Å². The third kappa shape index (κ3) is 1.37. The van der Waals surface area contributed by atoms with E-state index in [0.29, 0.717) is 5.92 Å². The summed E-state index contributed by atoms with van der Waals surface area (Å²) in [6.07, 6.45) is 4.85. The van der Waals surface area contributed by atoms with Crippen molar-refractivity contribution in [2.24, 2.45) is 0 Å². The molecule has 0 aliphatic heterocycles. The molecule has 1 unspecified atom stereocenters. The first-order chi connectivity index (χ1) is 11.4. The van der Waals surface area contributed by atoms with E-state index >= 15 is 0 Å². The van der Waals surface area contributed by atoms with Crippen molar-refractivity contribution >= 4 is 33.7 Å². The Morgan fingerprint density at radius 2 is 1.43 bits per heavy atom. The molecule has 4 aromatic rings. The molecule has 0 amide bonds. The highest BCUT2D eigenvalue weighted by molar-refractivity contribution is 6.10. The number of hydrogen-bond acceptors (Lipinski definition) is 0. The van der Waals surface area contributed by atoms with Crippen molar-refractivity contribution in [1.82, 2.24) is 0 Å². The minimum atomic E-state index is 0.412. The summed E-state index contributed by atoms with van der Waals surface area (Å²) in [4.78, 5) is 0. The van der Waals surface area contributed by atoms with Crippen LogP contribution in [0.2, 0.25) is 0 Å². The molecule has 0 heterocycles. The second-order valence-electron chi connectivity index (χ2n) is 6.58. The maximum atomic E-state index is 2.43. The van der Waals surface area contributed by atoms with Crippen molar-refractivity contribution in [3.05, 3.63) is 93.2 Å². The molecular formula is C23H14. The first-order valence-electron chi connectivity index (χ1n) is 8.18. The van der Waals surface area contributed by atoms with Crippen LogP contribution >= 0.6 is 0 Å². The van der Waals surface area contributed by atoms with E-state index in [4.69, 9.17) is 0 Å². The number of fused-ring (bicyclic) bond motifs is 3. The maximum absolute atomic E-state index is 2.43. The zero-order chi connectivity index (χ0) is 15.0. The van der Waals surface area contributed by atoms with Gasteiger partial charge in [-0.15, -0.1) is 0 Å². The Kier molecular flexibility index (Phi) is 1.98. The van der Waals surface area contributed by atoms with Crippen LogP contribution in [-0.4, -0.2) is 0 Å². The predicted octanol–water partition coefficient (Wildman–Crippen LogP) is 3.95. The number of rotatable bonds is 0. The van der Waals surface area contributed by atoms with Gasteiger partial charge in [-0.25, -0.2) is 0 Å². The van der Waals surface area contributed by atoms with E-state index in [-0.39, 0.29) is 0 Å². The van der Waals surface area contributed by atoms with Gasteiger partial charge in [-0.2, -0.15) is 0 Å². The van der Waals surface area contributed by atoms with Gasteiger partial charge in [-0.3, -0.25) is 0 Å². The largest absolute Gasteiger partial charge is 0.0653 e. The van der Waals surface area contributed by atoms with Crippen LogP contribution in [-0.2, 0) is 0 Å². The second kappa shape index (κ2) is 3.91. The molecule has 0 radical (unpaired) electrons. The van der Waals surface area contributed by atoms with Crippen molar-refractivity contribution < 1.29 is 0 Å². The van der Waals surface area contributed by atoms with E-state index in [2.05, 4.69) is 78.9 Å². The SMILES string of the molecule is C1=c2ccccc2=c2ccc3c4c2C1C=c4cc1ccccc13. The Bertz CT molecular complexity index is 1360. The van der Waals surface area contributed by atoms with Crippen molar-refractivity contribution in [3.63, 3.8) is 0 Å². The van der Waals surface area contributed by atoms with Gasteiger partial charge < -0.3 is 0 Å². The Labute approximate surface area is 133 Å². The van der Waals surface area contributed by atoms with Crippen LogP contribution in [0.1, 0.15) is 11.5 Å². The Hall–Kier alpha value is -2.86.